The Hall–Kier alpha value is -0.920. The molecule has 0 heterocycles. The molecule has 0 aromatic rings. The first-order chi connectivity index (χ1) is 7.32. The van der Waals surface area contributed by atoms with E-state index in [2.05, 4.69) is 13.8 Å². The van der Waals surface area contributed by atoms with Gasteiger partial charge in [0.05, 0.1) is 5.92 Å². The van der Waals surface area contributed by atoms with E-state index in [1.807, 2.05) is 19.9 Å². The van der Waals surface area contributed by atoms with Crippen LogP contribution in [0.3, 0.4) is 0 Å². The third-order valence-corrected chi connectivity index (χ3v) is 2.94. The second kappa shape index (κ2) is 4.94. The van der Waals surface area contributed by atoms with E-state index in [0.29, 0.717) is 18.8 Å². The van der Waals surface area contributed by atoms with Crippen molar-refractivity contribution >= 4 is 11.6 Å². The number of hydrogen-bond acceptors (Lipinski definition) is 2. The number of carbonyl (C=O) groups is 2. The predicted molar refractivity (Wildman–Crippen MR) is 65.1 cm³/mol. The molecule has 0 aromatic heterocycles. The normalized spacial score (nSPS) is 22.3. The fraction of sp³-hybridized carbons (Fsp3) is 0.714. The molecule has 1 aliphatic carbocycles. The minimum absolute atomic E-state index is 0.0845. The smallest absolute Gasteiger partial charge is 0.147 e. The highest BCUT2D eigenvalue weighted by molar-refractivity contribution is 6.06. The Morgan fingerprint density at radius 3 is 2.19 bits per heavy atom. The molecule has 16 heavy (non-hydrogen) atoms. The predicted octanol–water partition coefficient (Wildman–Crippen LogP) is 3.16. The summed E-state index contributed by atoms with van der Waals surface area (Å²) in [7, 11) is 0. The molecule has 0 spiro atoms. The summed E-state index contributed by atoms with van der Waals surface area (Å²) >= 11 is 0. The molecule has 0 bridgehead atoms. The van der Waals surface area contributed by atoms with Gasteiger partial charge in [0.25, 0.3) is 0 Å². The molecule has 1 saturated carbocycles. The highest BCUT2D eigenvalue weighted by Crippen LogP contribution is 2.34. The van der Waals surface area contributed by atoms with Crippen LogP contribution in [0.15, 0.2) is 12.2 Å². The molecule has 0 radical (unpaired) electrons. The van der Waals surface area contributed by atoms with E-state index in [4.69, 9.17) is 0 Å². The van der Waals surface area contributed by atoms with Gasteiger partial charge >= 0.3 is 0 Å². The molecule has 0 aliphatic heterocycles. The lowest BCUT2D eigenvalue weighted by Gasteiger charge is -2.30. The van der Waals surface area contributed by atoms with E-state index in [0.717, 1.165) is 6.42 Å². The number of rotatable bonds is 3. The van der Waals surface area contributed by atoms with Crippen molar-refractivity contribution in [1.29, 1.82) is 0 Å². The third kappa shape index (κ3) is 3.58. The summed E-state index contributed by atoms with van der Waals surface area (Å²) in [4.78, 5) is 23.6. The lowest BCUT2D eigenvalue weighted by atomic mass is 9.71. The number of carbonyl (C=O) groups excluding carboxylic acids is 2. The monoisotopic (exact) mass is 222 g/mol. The van der Waals surface area contributed by atoms with Gasteiger partial charge in [-0.25, -0.2) is 0 Å². The van der Waals surface area contributed by atoms with Crippen LogP contribution in [0.2, 0.25) is 0 Å². The molecule has 1 fully saturated rings. The number of allylic oxidation sites excluding steroid dienone is 2. The van der Waals surface area contributed by atoms with E-state index in [9.17, 15) is 9.59 Å². The molecular formula is C14H22O2. The topological polar surface area (TPSA) is 34.1 Å². The van der Waals surface area contributed by atoms with Crippen LogP contribution in [0.25, 0.3) is 0 Å². The van der Waals surface area contributed by atoms with Crippen molar-refractivity contribution < 1.29 is 9.59 Å². The van der Waals surface area contributed by atoms with Crippen LogP contribution in [-0.2, 0) is 9.59 Å². The van der Waals surface area contributed by atoms with E-state index in [1.54, 1.807) is 6.08 Å². The van der Waals surface area contributed by atoms with Crippen LogP contribution in [0.5, 0.6) is 0 Å². The summed E-state index contributed by atoms with van der Waals surface area (Å²) in [6, 6.07) is 0. The van der Waals surface area contributed by atoms with Gasteiger partial charge < -0.3 is 0 Å². The van der Waals surface area contributed by atoms with Crippen molar-refractivity contribution in [2.75, 3.05) is 0 Å². The summed E-state index contributed by atoms with van der Waals surface area (Å²) in [5, 5.41) is 0. The van der Waals surface area contributed by atoms with Crippen molar-refractivity contribution in [2.45, 2.75) is 47.0 Å². The number of Topliss-reactive ketones (excluding diaryl/α,β-unsaturated/α-hetero) is 2. The Morgan fingerprint density at radius 1 is 1.25 bits per heavy atom. The maximum atomic E-state index is 11.8. The Bertz CT molecular complexity index is 291. The largest absolute Gasteiger partial charge is 0.299 e. The zero-order chi connectivity index (χ0) is 12.3. The first-order valence-electron chi connectivity index (χ1n) is 6.04. The molecule has 1 rings (SSSR count). The first kappa shape index (κ1) is 13.1. The van der Waals surface area contributed by atoms with Crippen molar-refractivity contribution in [3.63, 3.8) is 0 Å². The Balaban J connectivity index is 2.65. The third-order valence-electron chi connectivity index (χ3n) is 2.94. The lowest BCUT2D eigenvalue weighted by molar-refractivity contribution is -0.137. The van der Waals surface area contributed by atoms with Gasteiger partial charge in [-0.05, 0) is 17.8 Å². The Labute approximate surface area is 98.1 Å². The van der Waals surface area contributed by atoms with Crippen LogP contribution >= 0.6 is 0 Å². The number of ketones is 2. The molecule has 0 unspecified atom stereocenters. The van der Waals surface area contributed by atoms with Gasteiger partial charge in [0, 0.05) is 12.8 Å². The maximum Gasteiger partial charge on any atom is 0.147 e. The molecule has 2 heteroatoms. The van der Waals surface area contributed by atoms with E-state index >= 15 is 0 Å². The van der Waals surface area contributed by atoms with Gasteiger partial charge in [-0.2, -0.15) is 0 Å². The van der Waals surface area contributed by atoms with Crippen LogP contribution < -0.4 is 0 Å². The van der Waals surface area contributed by atoms with Gasteiger partial charge in [-0.3, -0.25) is 9.59 Å². The quantitative estimate of drug-likeness (QED) is 0.543. The SMILES string of the molecule is CC(C)CC=CC1C(=O)CC(C)(C)CC1=O. The zero-order valence-corrected chi connectivity index (χ0v) is 10.7. The molecular weight excluding hydrogens is 200 g/mol. The van der Waals surface area contributed by atoms with E-state index in [-0.39, 0.29) is 17.0 Å². The average Bonchev–Trinajstić information content (AvgIpc) is 2.07. The van der Waals surface area contributed by atoms with Gasteiger partial charge in [-0.1, -0.05) is 39.8 Å². The van der Waals surface area contributed by atoms with Gasteiger partial charge in [-0.15, -0.1) is 0 Å². The van der Waals surface area contributed by atoms with Gasteiger partial charge in [0.2, 0.25) is 0 Å². The summed E-state index contributed by atoms with van der Waals surface area (Å²) in [5.41, 5.74) is -0.142. The first-order valence-corrected chi connectivity index (χ1v) is 6.04. The van der Waals surface area contributed by atoms with Crippen LogP contribution in [0, 0.1) is 17.3 Å². The molecule has 0 saturated heterocycles. The fourth-order valence-corrected chi connectivity index (χ4v) is 2.11. The van der Waals surface area contributed by atoms with Crippen LogP contribution in [-0.4, -0.2) is 11.6 Å². The second-order valence-corrected chi connectivity index (χ2v) is 5.99. The Kier molecular flexibility index (Phi) is 4.06. The van der Waals surface area contributed by atoms with E-state index < -0.39 is 5.92 Å². The molecule has 0 atom stereocenters. The van der Waals surface area contributed by atoms with E-state index in [1.165, 1.54) is 0 Å². The molecule has 0 N–H and O–H groups in total. The van der Waals surface area contributed by atoms with Crippen molar-refractivity contribution in [3.05, 3.63) is 12.2 Å². The number of hydrogen-bond donors (Lipinski definition) is 0. The summed E-state index contributed by atoms with van der Waals surface area (Å²) in [6.45, 7) is 8.21. The maximum absolute atomic E-state index is 11.8. The van der Waals surface area contributed by atoms with Crippen LogP contribution in [0.1, 0.15) is 47.0 Å². The minimum atomic E-state index is -0.466. The standard InChI is InChI=1S/C14H22O2/c1-10(2)6-5-7-11-12(15)8-14(3,4)9-13(11)16/h5,7,10-11H,6,8-9H2,1-4H3. The van der Waals surface area contributed by atoms with Crippen molar-refractivity contribution in [3.8, 4) is 0 Å². The molecule has 90 valence electrons. The fourth-order valence-electron chi connectivity index (χ4n) is 2.11. The average molecular weight is 222 g/mol. The molecule has 0 amide bonds. The summed E-state index contributed by atoms with van der Waals surface area (Å²) in [5.74, 6) is 0.274. The summed E-state index contributed by atoms with van der Waals surface area (Å²) in [6.07, 6.45) is 5.76. The van der Waals surface area contributed by atoms with Crippen molar-refractivity contribution in [2.24, 2.45) is 17.3 Å². The highest BCUT2D eigenvalue weighted by Gasteiger charge is 2.37. The second-order valence-electron chi connectivity index (χ2n) is 5.99. The Morgan fingerprint density at radius 2 is 1.75 bits per heavy atom. The molecule has 1 aliphatic rings. The lowest BCUT2D eigenvalue weighted by Crippen LogP contribution is -2.36. The van der Waals surface area contributed by atoms with Gasteiger partial charge in [0.1, 0.15) is 11.6 Å². The zero-order valence-electron chi connectivity index (χ0n) is 10.7. The minimum Gasteiger partial charge on any atom is -0.299 e. The summed E-state index contributed by atoms with van der Waals surface area (Å²) < 4.78 is 0. The molecule has 2 nitrogen and oxygen atoms in total. The van der Waals surface area contributed by atoms with Gasteiger partial charge in [0.15, 0.2) is 0 Å². The van der Waals surface area contributed by atoms with Crippen LogP contribution in [0.4, 0.5) is 0 Å². The van der Waals surface area contributed by atoms with Crippen molar-refractivity contribution in [1.82, 2.24) is 0 Å². The highest BCUT2D eigenvalue weighted by atomic mass is 16.2. The molecule has 0 aromatic carbocycles.